The van der Waals surface area contributed by atoms with Crippen LogP contribution in [0.25, 0.3) is 0 Å². The number of nitrogens with one attached hydrogen (secondary N) is 1. The van der Waals surface area contributed by atoms with Gasteiger partial charge in [0.1, 0.15) is 5.75 Å². The van der Waals surface area contributed by atoms with Crippen LogP contribution < -0.4 is 10.2 Å². The molecule has 1 amide bonds. The Morgan fingerprint density at radius 1 is 1.38 bits per heavy atom. The Hall–Kier alpha value is -2.94. The molecule has 0 aliphatic rings. The lowest BCUT2D eigenvalue weighted by Gasteiger charge is -2.05. The smallest absolute Gasteiger partial charge is 0.310 e. The van der Waals surface area contributed by atoms with E-state index in [1.807, 2.05) is 0 Å². The van der Waals surface area contributed by atoms with E-state index in [0.29, 0.717) is 10.0 Å². The molecule has 2 aromatic carbocycles. The molecule has 0 aliphatic carbocycles. The molecule has 0 atom stereocenters. The van der Waals surface area contributed by atoms with Crippen LogP contribution in [0, 0.1) is 10.1 Å². The van der Waals surface area contributed by atoms with Crippen LogP contribution in [0.3, 0.4) is 0 Å². The SMILES string of the molecule is O=C(COc1ccccc1[N+](=O)[O-])N/N=C/c1cc(O)ccc1Br. The van der Waals surface area contributed by atoms with Crippen molar-refractivity contribution in [3.63, 3.8) is 0 Å². The van der Waals surface area contributed by atoms with Crippen molar-refractivity contribution in [2.45, 2.75) is 0 Å². The maximum atomic E-state index is 11.7. The van der Waals surface area contributed by atoms with Gasteiger partial charge in [-0.15, -0.1) is 0 Å². The normalized spacial score (nSPS) is 10.5. The first-order valence-corrected chi connectivity index (χ1v) is 7.43. The van der Waals surface area contributed by atoms with Crippen molar-refractivity contribution >= 4 is 33.7 Å². The van der Waals surface area contributed by atoms with Crippen molar-refractivity contribution in [1.82, 2.24) is 5.43 Å². The summed E-state index contributed by atoms with van der Waals surface area (Å²) >= 11 is 3.28. The quantitative estimate of drug-likeness (QED) is 0.444. The summed E-state index contributed by atoms with van der Waals surface area (Å²) in [6, 6.07) is 10.4. The number of para-hydroxylation sites is 2. The average Bonchev–Trinajstić information content (AvgIpc) is 2.56. The molecule has 2 rings (SSSR count). The van der Waals surface area contributed by atoms with Crippen molar-refractivity contribution in [3.8, 4) is 11.5 Å². The Kier molecular flexibility index (Phi) is 5.85. The van der Waals surface area contributed by atoms with Crippen LogP contribution in [0.4, 0.5) is 5.69 Å². The Morgan fingerprint density at radius 3 is 2.88 bits per heavy atom. The summed E-state index contributed by atoms with van der Waals surface area (Å²) in [6.07, 6.45) is 1.34. The highest BCUT2D eigenvalue weighted by Gasteiger charge is 2.14. The lowest BCUT2D eigenvalue weighted by Crippen LogP contribution is -2.24. The molecule has 0 heterocycles. The van der Waals surface area contributed by atoms with Crippen LogP contribution in [0.5, 0.6) is 11.5 Å². The fraction of sp³-hybridized carbons (Fsp3) is 0.0667. The molecule has 0 spiro atoms. The minimum atomic E-state index is -0.592. The number of nitro benzene ring substituents is 1. The molecule has 8 nitrogen and oxygen atoms in total. The average molecular weight is 394 g/mol. The Bertz CT molecular complexity index is 794. The van der Waals surface area contributed by atoms with Crippen molar-refractivity contribution < 1.29 is 19.6 Å². The van der Waals surface area contributed by atoms with Crippen LogP contribution in [0.2, 0.25) is 0 Å². The first kappa shape index (κ1) is 17.4. The van der Waals surface area contributed by atoms with Gasteiger partial charge in [0.25, 0.3) is 5.91 Å². The number of hydrazone groups is 1. The van der Waals surface area contributed by atoms with E-state index in [9.17, 15) is 20.0 Å². The number of phenols is 1. The molecule has 0 fully saturated rings. The number of carbonyl (C=O) groups is 1. The highest BCUT2D eigenvalue weighted by atomic mass is 79.9. The van der Waals surface area contributed by atoms with Gasteiger partial charge in [-0.05, 0) is 24.3 Å². The number of carbonyl (C=O) groups excluding carboxylic acids is 1. The first-order valence-electron chi connectivity index (χ1n) is 6.64. The van der Waals surface area contributed by atoms with E-state index < -0.39 is 17.4 Å². The molecule has 0 unspecified atom stereocenters. The number of nitrogens with zero attached hydrogens (tertiary/aromatic N) is 2. The summed E-state index contributed by atoms with van der Waals surface area (Å²) in [5, 5.41) is 23.9. The molecule has 24 heavy (non-hydrogen) atoms. The molecule has 9 heteroatoms. The predicted molar refractivity (Wildman–Crippen MR) is 90.1 cm³/mol. The number of hydrogen-bond acceptors (Lipinski definition) is 6. The molecule has 0 bridgehead atoms. The van der Waals surface area contributed by atoms with Crippen LogP contribution in [0.15, 0.2) is 52.0 Å². The molecule has 0 aromatic heterocycles. The predicted octanol–water partition coefficient (Wildman–Crippen LogP) is 2.59. The Morgan fingerprint density at radius 2 is 2.12 bits per heavy atom. The Labute approximate surface area is 145 Å². The molecule has 2 aromatic rings. The molecule has 0 saturated heterocycles. The third kappa shape index (κ3) is 4.78. The number of hydrogen-bond donors (Lipinski definition) is 2. The van der Waals surface area contributed by atoms with Gasteiger partial charge in [0.15, 0.2) is 12.4 Å². The fourth-order valence-corrected chi connectivity index (χ4v) is 2.06. The molecular weight excluding hydrogens is 382 g/mol. The van der Waals surface area contributed by atoms with E-state index in [1.54, 1.807) is 12.1 Å². The summed E-state index contributed by atoms with van der Waals surface area (Å²) in [4.78, 5) is 21.9. The van der Waals surface area contributed by atoms with Gasteiger partial charge in [-0.1, -0.05) is 28.1 Å². The minimum Gasteiger partial charge on any atom is -0.508 e. The number of halogens is 1. The lowest BCUT2D eigenvalue weighted by molar-refractivity contribution is -0.385. The second kappa shape index (κ2) is 8.06. The molecule has 0 saturated carbocycles. The molecule has 2 N–H and O–H groups in total. The standard InChI is InChI=1S/C15H12BrN3O5/c16-12-6-5-11(20)7-10(12)8-17-18-15(21)9-24-14-4-2-1-3-13(14)19(22)23/h1-8,20H,9H2,(H,18,21)/b17-8+. The number of amides is 1. The molecular formula is C15H12BrN3O5. The maximum absolute atomic E-state index is 11.7. The summed E-state index contributed by atoms with van der Waals surface area (Å²) < 4.78 is 5.82. The van der Waals surface area contributed by atoms with E-state index >= 15 is 0 Å². The minimum absolute atomic E-state index is 0.00245. The van der Waals surface area contributed by atoms with E-state index in [4.69, 9.17) is 4.74 Å². The zero-order valence-electron chi connectivity index (χ0n) is 12.2. The molecule has 0 radical (unpaired) electrons. The second-order valence-corrected chi connectivity index (χ2v) is 5.37. The number of benzene rings is 2. The fourth-order valence-electron chi connectivity index (χ4n) is 1.71. The lowest BCUT2D eigenvalue weighted by atomic mass is 10.2. The topological polar surface area (TPSA) is 114 Å². The van der Waals surface area contributed by atoms with Gasteiger partial charge in [-0.3, -0.25) is 14.9 Å². The number of phenolic OH excluding ortho intramolecular Hbond substituents is 1. The van der Waals surface area contributed by atoms with Crippen LogP contribution in [-0.2, 0) is 4.79 Å². The van der Waals surface area contributed by atoms with Gasteiger partial charge in [-0.25, -0.2) is 5.43 Å². The van der Waals surface area contributed by atoms with Crippen molar-refractivity contribution in [1.29, 1.82) is 0 Å². The van der Waals surface area contributed by atoms with E-state index in [2.05, 4.69) is 26.5 Å². The van der Waals surface area contributed by atoms with Gasteiger partial charge >= 0.3 is 5.69 Å². The maximum Gasteiger partial charge on any atom is 0.310 e. The molecule has 124 valence electrons. The van der Waals surface area contributed by atoms with Crippen molar-refractivity contribution in [3.05, 3.63) is 62.6 Å². The second-order valence-electron chi connectivity index (χ2n) is 4.51. The zero-order chi connectivity index (χ0) is 17.5. The van der Waals surface area contributed by atoms with Gasteiger partial charge in [0.05, 0.1) is 11.1 Å². The van der Waals surface area contributed by atoms with Crippen LogP contribution in [0.1, 0.15) is 5.56 Å². The summed E-state index contributed by atoms with van der Waals surface area (Å²) in [6.45, 7) is -0.427. The highest BCUT2D eigenvalue weighted by molar-refractivity contribution is 9.10. The Balaban J connectivity index is 1.91. The van der Waals surface area contributed by atoms with Crippen molar-refractivity contribution in [2.24, 2.45) is 5.10 Å². The van der Waals surface area contributed by atoms with Gasteiger partial charge in [-0.2, -0.15) is 5.10 Å². The summed E-state index contributed by atoms with van der Waals surface area (Å²) in [7, 11) is 0. The number of aromatic hydroxyl groups is 1. The summed E-state index contributed by atoms with van der Waals surface area (Å²) in [5.41, 5.74) is 2.57. The number of rotatable bonds is 6. The van der Waals surface area contributed by atoms with Gasteiger partial charge < -0.3 is 9.84 Å². The third-order valence-electron chi connectivity index (χ3n) is 2.79. The number of nitro groups is 1. The van der Waals surface area contributed by atoms with E-state index in [0.717, 1.165) is 0 Å². The molecule has 0 aliphatic heterocycles. The van der Waals surface area contributed by atoms with Gasteiger partial charge in [0.2, 0.25) is 0 Å². The summed E-state index contributed by atoms with van der Waals surface area (Å²) in [5.74, 6) is -0.524. The third-order valence-corrected chi connectivity index (χ3v) is 3.52. The number of ether oxygens (including phenoxy) is 1. The monoisotopic (exact) mass is 393 g/mol. The van der Waals surface area contributed by atoms with Crippen LogP contribution in [-0.4, -0.2) is 28.8 Å². The van der Waals surface area contributed by atoms with Crippen LogP contribution >= 0.6 is 15.9 Å². The highest BCUT2D eigenvalue weighted by Crippen LogP contribution is 2.25. The largest absolute Gasteiger partial charge is 0.508 e. The van der Waals surface area contributed by atoms with Crippen molar-refractivity contribution in [2.75, 3.05) is 6.61 Å². The van der Waals surface area contributed by atoms with E-state index in [1.165, 1.54) is 36.5 Å². The van der Waals surface area contributed by atoms with Gasteiger partial charge in [0, 0.05) is 16.1 Å². The zero-order valence-corrected chi connectivity index (χ0v) is 13.8. The first-order chi connectivity index (χ1) is 11.5. The van der Waals surface area contributed by atoms with E-state index in [-0.39, 0.29) is 17.2 Å².